The van der Waals surface area contributed by atoms with Gasteiger partial charge in [-0.25, -0.2) is 4.79 Å². The predicted octanol–water partition coefficient (Wildman–Crippen LogP) is 1.08. The number of para-hydroxylation sites is 2. The molecule has 1 aromatic carbocycles. The quantitative estimate of drug-likeness (QED) is 0.676. The van der Waals surface area contributed by atoms with Crippen LogP contribution in [0.25, 0.3) is 11.0 Å². The molecule has 2 aromatic heterocycles. The largest absolute Gasteiger partial charge is 0.424 e. The molecule has 0 radical (unpaired) electrons. The third-order valence-electron chi connectivity index (χ3n) is 2.91. The molecule has 0 unspecified atom stereocenters. The van der Waals surface area contributed by atoms with Crippen molar-refractivity contribution in [2.45, 2.75) is 13.5 Å². The lowest BCUT2D eigenvalue weighted by atomic mass is 10.3. The molecule has 0 aliphatic heterocycles. The van der Waals surface area contributed by atoms with Crippen LogP contribution in [0.5, 0.6) is 0 Å². The predicted molar refractivity (Wildman–Crippen MR) is 65.3 cm³/mol. The van der Waals surface area contributed by atoms with Crippen molar-refractivity contribution in [3.8, 4) is 0 Å². The molecular weight excluding hydrogens is 232 g/mol. The lowest BCUT2D eigenvalue weighted by molar-refractivity contribution is 0.453. The first-order valence-corrected chi connectivity index (χ1v) is 5.60. The fraction of sp³-hybridized carbons (Fsp3) is 0.250. The summed E-state index contributed by atoms with van der Waals surface area (Å²) >= 11 is 0. The maximum Gasteiger partial charge on any atom is 0.329 e. The Bertz CT molecular complexity index is 766. The molecule has 0 N–H and O–H groups in total. The van der Waals surface area contributed by atoms with Crippen LogP contribution in [0, 0.1) is 6.92 Å². The summed E-state index contributed by atoms with van der Waals surface area (Å²) in [6.07, 6.45) is 0. The van der Waals surface area contributed by atoms with E-state index in [1.165, 1.54) is 0 Å². The van der Waals surface area contributed by atoms with Crippen molar-refractivity contribution >= 4 is 11.0 Å². The molecular formula is C12H12N4O2. The van der Waals surface area contributed by atoms with Crippen LogP contribution in [0.2, 0.25) is 0 Å². The third kappa shape index (κ3) is 1.54. The minimum Gasteiger partial charge on any atom is -0.424 e. The van der Waals surface area contributed by atoms with Crippen molar-refractivity contribution < 1.29 is 4.42 Å². The molecule has 0 saturated heterocycles. The number of aromatic nitrogens is 4. The molecule has 18 heavy (non-hydrogen) atoms. The molecule has 0 bridgehead atoms. The average molecular weight is 244 g/mol. The summed E-state index contributed by atoms with van der Waals surface area (Å²) in [4.78, 5) is 12.1. The van der Waals surface area contributed by atoms with E-state index in [4.69, 9.17) is 4.42 Å². The number of hydrogen-bond acceptors (Lipinski definition) is 4. The van der Waals surface area contributed by atoms with Gasteiger partial charge in [-0.05, 0) is 12.1 Å². The Labute approximate surface area is 102 Å². The Morgan fingerprint density at radius 2 is 1.94 bits per heavy atom. The first-order valence-electron chi connectivity index (χ1n) is 5.60. The fourth-order valence-electron chi connectivity index (χ4n) is 2.05. The summed E-state index contributed by atoms with van der Waals surface area (Å²) in [6.45, 7) is 2.02. The normalized spacial score (nSPS) is 11.2. The van der Waals surface area contributed by atoms with Gasteiger partial charge in [-0.15, -0.1) is 10.2 Å². The molecule has 0 fully saturated rings. The molecule has 0 amide bonds. The van der Waals surface area contributed by atoms with Gasteiger partial charge >= 0.3 is 5.69 Å². The summed E-state index contributed by atoms with van der Waals surface area (Å²) in [5.74, 6) is 0.934. The van der Waals surface area contributed by atoms with E-state index in [0.29, 0.717) is 18.3 Å². The Hall–Kier alpha value is -2.37. The zero-order valence-electron chi connectivity index (χ0n) is 10.1. The van der Waals surface area contributed by atoms with Crippen molar-refractivity contribution in [3.63, 3.8) is 0 Å². The van der Waals surface area contributed by atoms with Gasteiger partial charge in [0.25, 0.3) is 0 Å². The minimum atomic E-state index is -0.0907. The van der Waals surface area contributed by atoms with Crippen molar-refractivity contribution in [1.29, 1.82) is 0 Å². The second-order valence-corrected chi connectivity index (χ2v) is 4.13. The van der Waals surface area contributed by atoms with Crippen LogP contribution >= 0.6 is 0 Å². The van der Waals surface area contributed by atoms with Gasteiger partial charge in [-0.3, -0.25) is 9.13 Å². The van der Waals surface area contributed by atoms with Crippen molar-refractivity contribution in [2.24, 2.45) is 7.05 Å². The van der Waals surface area contributed by atoms with Crippen LogP contribution in [0.3, 0.4) is 0 Å². The van der Waals surface area contributed by atoms with Gasteiger partial charge in [0.15, 0.2) is 0 Å². The van der Waals surface area contributed by atoms with Gasteiger partial charge in [0, 0.05) is 14.0 Å². The molecule has 2 heterocycles. The Morgan fingerprint density at radius 1 is 1.22 bits per heavy atom. The van der Waals surface area contributed by atoms with E-state index < -0.39 is 0 Å². The van der Waals surface area contributed by atoms with E-state index >= 15 is 0 Å². The molecule has 3 aromatic rings. The van der Waals surface area contributed by atoms with E-state index in [1.807, 2.05) is 24.3 Å². The highest BCUT2D eigenvalue weighted by Crippen LogP contribution is 2.12. The first-order chi connectivity index (χ1) is 8.66. The summed E-state index contributed by atoms with van der Waals surface area (Å²) in [5.41, 5.74) is 1.66. The topological polar surface area (TPSA) is 65.8 Å². The van der Waals surface area contributed by atoms with Crippen LogP contribution in [0.1, 0.15) is 11.8 Å². The average Bonchev–Trinajstić information content (AvgIpc) is 2.88. The highest BCUT2D eigenvalue weighted by molar-refractivity contribution is 5.75. The second-order valence-electron chi connectivity index (χ2n) is 4.13. The van der Waals surface area contributed by atoms with Crippen molar-refractivity contribution in [1.82, 2.24) is 19.3 Å². The number of benzene rings is 1. The number of hydrogen-bond donors (Lipinski definition) is 0. The lowest BCUT2D eigenvalue weighted by Gasteiger charge is -1.98. The fourth-order valence-corrected chi connectivity index (χ4v) is 2.05. The van der Waals surface area contributed by atoms with Gasteiger partial charge in [-0.1, -0.05) is 12.1 Å². The molecule has 0 aliphatic carbocycles. The molecule has 6 nitrogen and oxygen atoms in total. The van der Waals surface area contributed by atoms with E-state index in [0.717, 1.165) is 11.0 Å². The SMILES string of the molecule is Cc1nnc(Cn2c(=O)n(C)c3ccccc32)o1. The summed E-state index contributed by atoms with van der Waals surface area (Å²) < 4.78 is 8.55. The van der Waals surface area contributed by atoms with Gasteiger partial charge in [0.05, 0.1) is 11.0 Å². The van der Waals surface area contributed by atoms with Crippen LogP contribution in [0.4, 0.5) is 0 Å². The van der Waals surface area contributed by atoms with E-state index in [1.54, 1.807) is 23.1 Å². The minimum absolute atomic E-state index is 0.0907. The summed E-state index contributed by atoms with van der Waals surface area (Å²) in [6, 6.07) is 7.62. The highest BCUT2D eigenvalue weighted by atomic mass is 16.4. The highest BCUT2D eigenvalue weighted by Gasteiger charge is 2.12. The van der Waals surface area contributed by atoms with Crippen LogP contribution in [-0.4, -0.2) is 19.3 Å². The zero-order chi connectivity index (χ0) is 12.7. The standard InChI is InChI=1S/C12H12N4O2/c1-8-13-14-11(18-8)7-16-10-6-4-3-5-9(10)15(2)12(16)17/h3-6H,7H2,1-2H3. The molecule has 0 spiro atoms. The Kier molecular flexibility index (Phi) is 2.29. The third-order valence-corrected chi connectivity index (χ3v) is 2.91. The van der Waals surface area contributed by atoms with Crippen LogP contribution in [-0.2, 0) is 13.6 Å². The molecule has 92 valence electrons. The Morgan fingerprint density at radius 3 is 2.61 bits per heavy atom. The van der Waals surface area contributed by atoms with Crippen LogP contribution < -0.4 is 5.69 Å². The maximum atomic E-state index is 12.1. The van der Waals surface area contributed by atoms with Crippen LogP contribution in [0.15, 0.2) is 33.5 Å². The smallest absolute Gasteiger partial charge is 0.329 e. The van der Waals surface area contributed by atoms with E-state index in [9.17, 15) is 4.79 Å². The number of rotatable bonds is 2. The van der Waals surface area contributed by atoms with Gasteiger partial charge < -0.3 is 4.42 Å². The molecule has 0 aliphatic rings. The zero-order valence-corrected chi connectivity index (χ0v) is 10.1. The van der Waals surface area contributed by atoms with Gasteiger partial charge in [-0.2, -0.15) is 0 Å². The molecule has 3 rings (SSSR count). The van der Waals surface area contributed by atoms with Crippen molar-refractivity contribution in [2.75, 3.05) is 0 Å². The molecule has 6 heteroatoms. The summed E-state index contributed by atoms with van der Waals surface area (Å²) in [7, 11) is 1.75. The number of aryl methyl sites for hydroxylation is 2. The Balaban J connectivity index is 2.17. The van der Waals surface area contributed by atoms with Gasteiger partial charge in [0.1, 0.15) is 6.54 Å². The first kappa shape index (κ1) is 10.8. The van der Waals surface area contributed by atoms with E-state index in [-0.39, 0.29) is 5.69 Å². The van der Waals surface area contributed by atoms with Crippen molar-refractivity contribution in [3.05, 3.63) is 46.5 Å². The maximum absolute atomic E-state index is 12.1. The number of imidazole rings is 1. The number of nitrogens with zero attached hydrogens (tertiary/aromatic N) is 4. The number of fused-ring (bicyclic) bond motifs is 1. The second kappa shape index (κ2) is 3.83. The van der Waals surface area contributed by atoms with Gasteiger partial charge in [0.2, 0.25) is 11.8 Å². The molecule has 0 saturated carbocycles. The molecule has 0 atom stereocenters. The lowest BCUT2D eigenvalue weighted by Crippen LogP contribution is -2.22. The monoisotopic (exact) mass is 244 g/mol. The van der Waals surface area contributed by atoms with E-state index in [2.05, 4.69) is 10.2 Å². The summed E-state index contributed by atoms with van der Waals surface area (Å²) in [5, 5.41) is 7.67.